The molecule has 0 aliphatic carbocycles. The number of carbonyl (C=O) groups excluding carboxylic acids is 1. The first-order chi connectivity index (χ1) is 11.4. The third kappa shape index (κ3) is 3.70. The average Bonchev–Trinajstić information content (AvgIpc) is 2.59. The number of carbonyl (C=O) groups is 1. The van der Waals surface area contributed by atoms with E-state index in [-0.39, 0.29) is 9.80 Å². The lowest BCUT2D eigenvalue weighted by Crippen LogP contribution is -2.04. The molecule has 0 aliphatic heterocycles. The highest BCUT2D eigenvalue weighted by molar-refractivity contribution is 7.95. The molecule has 24 heavy (non-hydrogen) atoms. The number of nitriles is 1. The fourth-order valence-electron chi connectivity index (χ4n) is 2.00. The van der Waals surface area contributed by atoms with Crippen LogP contribution in [0.2, 0.25) is 0 Å². The first kappa shape index (κ1) is 17.4. The molecule has 0 radical (unpaired) electrons. The summed E-state index contributed by atoms with van der Waals surface area (Å²) in [6, 6.07) is 14.1. The Balaban J connectivity index is 2.40. The molecule has 2 aromatic rings. The van der Waals surface area contributed by atoms with Crippen LogP contribution in [0, 0.1) is 18.3 Å². The van der Waals surface area contributed by atoms with Crippen molar-refractivity contribution in [1.82, 2.24) is 0 Å². The molecule has 2 aromatic carbocycles. The van der Waals surface area contributed by atoms with Gasteiger partial charge in [0.05, 0.1) is 17.6 Å². The van der Waals surface area contributed by atoms with Crippen LogP contribution in [0.3, 0.4) is 0 Å². The monoisotopic (exact) mass is 341 g/mol. The van der Waals surface area contributed by atoms with Crippen LogP contribution in [0.5, 0.6) is 0 Å². The largest absolute Gasteiger partial charge is 0.465 e. The SMILES string of the molecule is COC(=O)c1ccc(C=C(C#N)S(=O)(=O)c2ccc(C)cc2)cc1. The quantitative estimate of drug-likeness (QED) is 0.630. The lowest BCUT2D eigenvalue weighted by molar-refractivity contribution is 0.0600. The van der Waals surface area contributed by atoms with Gasteiger partial charge < -0.3 is 4.74 Å². The molecule has 0 spiro atoms. The predicted octanol–water partition coefficient (Wildman–Crippen LogP) is 3.12. The maximum Gasteiger partial charge on any atom is 0.337 e. The molecule has 0 atom stereocenters. The number of methoxy groups -OCH3 is 1. The zero-order valence-corrected chi connectivity index (χ0v) is 14.0. The van der Waals surface area contributed by atoms with Gasteiger partial charge in [0.15, 0.2) is 0 Å². The van der Waals surface area contributed by atoms with Gasteiger partial charge in [-0.2, -0.15) is 5.26 Å². The highest BCUT2D eigenvalue weighted by atomic mass is 32.2. The van der Waals surface area contributed by atoms with Gasteiger partial charge in [-0.15, -0.1) is 0 Å². The van der Waals surface area contributed by atoms with Gasteiger partial charge in [-0.3, -0.25) is 0 Å². The van der Waals surface area contributed by atoms with Gasteiger partial charge in [0.1, 0.15) is 11.0 Å². The third-order valence-corrected chi connectivity index (χ3v) is 5.04. The van der Waals surface area contributed by atoms with Crippen LogP contribution in [0.1, 0.15) is 21.5 Å². The predicted molar refractivity (Wildman–Crippen MR) is 89.7 cm³/mol. The summed E-state index contributed by atoms with van der Waals surface area (Å²) >= 11 is 0. The Morgan fingerprint density at radius 1 is 1.08 bits per heavy atom. The number of ether oxygens (including phenoxy) is 1. The van der Waals surface area contributed by atoms with Crippen LogP contribution in [0.4, 0.5) is 0 Å². The van der Waals surface area contributed by atoms with Crippen molar-refractivity contribution in [2.75, 3.05) is 7.11 Å². The lowest BCUT2D eigenvalue weighted by atomic mass is 10.1. The van der Waals surface area contributed by atoms with Gasteiger partial charge >= 0.3 is 5.97 Å². The summed E-state index contributed by atoms with van der Waals surface area (Å²) in [5, 5.41) is 9.25. The number of sulfone groups is 1. The first-order valence-electron chi connectivity index (χ1n) is 7.00. The van der Waals surface area contributed by atoms with Crippen molar-refractivity contribution in [2.45, 2.75) is 11.8 Å². The minimum absolute atomic E-state index is 0.0621. The minimum atomic E-state index is -3.89. The molecule has 0 aromatic heterocycles. The molecule has 0 saturated heterocycles. The average molecular weight is 341 g/mol. The van der Waals surface area contributed by atoms with Gasteiger partial charge in [-0.25, -0.2) is 13.2 Å². The molecule has 0 fully saturated rings. The number of nitrogens with zero attached hydrogens (tertiary/aromatic N) is 1. The van der Waals surface area contributed by atoms with Crippen LogP contribution in [-0.4, -0.2) is 21.5 Å². The van der Waals surface area contributed by atoms with Crippen molar-refractivity contribution in [3.63, 3.8) is 0 Å². The van der Waals surface area contributed by atoms with E-state index in [1.165, 1.54) is 37.5 Å². The topological polar surface area (TPSA) is 84.2 Å². The molecule has 0 N–H and O–H groups in total. The molecule has 0 aliphatic rings. The Morgan fingerprint density at radius 3 is 2.17 bits per heavy atom. The molecule has 6 heteroatoms. The van der Waals surface area contributed by atoms with Crippen molar-refractivity contribution in [3.05, 3.63) is 70.1 Å². The second kappa shape index (κ2) is 7.11. The van der Waals surface area contributed by atoms with Crippen molar-refractivity contribution < 1.29 is 17.9 Å². The summed E-state index contributed by atoms with van der Waals surface area (Å²) in [5.74, 6) is -0.488. The summed E-state index contributed by atoms with van der Waals surface area (Å²) in [7, 11) is -2.61. The van der Waals surface area contributed by atoms with Gasteiger partial charge in [0.25, 0.3) is 0 Å². The van der Waals surface area contributed by atoms with E-state index in [4.69, 9.17) is 0 Å². The zero-order valence-electron chi connectivity index (χ0n) is 13.2. The molecule has 0 heterocycles. The molecule has 0 bridgehead atoms. The van der Waals surface area contributed by atoms with Crippen molar-refractivity contribution in [3.8, 4) is 6.07 Å². The Hall–Kier alpha value is -2.91. The highest BCUT2D eigenvalue weighted by Gasteiger charge is 2.20. The summed E-state index contributed by atoms with van der Waals surface area (Å²) in [4.78, 5) is 11.1. The second-order valence-electron chi connectivity index (χ2n) is 5.05. The third-order valence-electron chi connectivity index (χ3n) is 3.36. The summed E-state index contributed by atoms with van der Waals surface area (Å²) in [6.45, 7) is 1.85. The summed E-state index contributed by atoms with van der Waals surface area (Å²) in [6.07, 6.45) is 1.27. The molecular formula is C18H15NO4S. The maximum absolute atomic E-state index is 12.5. The van der Waals surface area contributed by atoms with E-state index in [0.717, 1.165) is 5.56 Å². The number of allylic oxidation sites excluding steroid dienone is 1. The van der Waals surface area contributed by atoms with E-state index in [2.05, 4.69) is 4.74 Å². The molecule has 2 rings (SSSR count). The minimum Gasteiger partial charge on any atom is -0.465 e. The molecule has 5 nitrogen and oxygen atoms in total. The van der Waals surface area contributed by atoms with Gasteiger partial charge in [0, 0.05) is 0 Å². The number of esters is 1. The fourth-order valence-corrected chi connectivity index (χ4v) is 3.16. The number of benzene rings is 2. The van der Waals surface area contributed by atoms with Crippen molar-refractivity contribution in [1.29, 1.82) is 5.26 Å². The second-order valence-corrected chi connectivity index (χ2v) is 6.97. The Morgan fingerprint density at radius 2 is 1.67 bits per heavy atom. The molecular weight excluding hydrogens is 326 g/mol. The van der Waals surface area contributed by atoms with Crippen molar-refractivity contribution in [2.24, 2.45) is 0 Å². The van der Waals surface area contributed by atoms with Crippen LogP contribution in [0.15, 0.2) is 58.3 Å². The Labute approximate surface area is 140 Å². The smallest absolute Gasteiger partial charge is 0.337 e. The van der Waals surface area contributed by atoms with Crippen LogP contribution >= 0.6 is 0 Å². The summed E-state index contributed by atoms with van der Waals surface area (Å²) in [5.41, 5.74) is 1.76. The summed E-state index contributed by atoms with van der Waals surface area (Å²) < 4.78 is 29.7. The van der Waals surface area contributed by atoms with E-state index in [1.807, 2.05) is 6.92 Å². The molecule has 0 saturated carbocycles. The van der Waals surface area contributed by atoms with E-state index in [0.29, 0.717) is 11.1 Å². The maximum atomic E-state index is 12.5. The van der Waals surface area contributed by atoms with E-state index in [1.54, 1.807) is 30.3 Å². The van der Waals surface area contributed by atoms with E-state index in [9.17, 15) is 18.5 Å². The van der Waals surface area contributed by atoms with Gasteiger partial charge in [0.2, 0.25) is 9.84 Å². The molecule has 122 valence electrons. The van der Waals surface area contributed by atoms with Crippen LogP contribution in [-0.2, 0) is 14.6 Å². The number of hydrogen-bond donors (Lipinski definition) is 0. The first-order valence-corrected chi connectivity index (χ1v) is 8.48. The fraction of sp³-hybridized carbons (Fsp3) is 0.111. The van der Waals surface area contributed by atoms with Crippen molar-refractivity contribution >= 4 is 21.9 Å². The van der Waals surface area contributed by atoms with E-state index < -0.39 is 15.8 Å². The normalized spacial score (nSPS) is 11.6. The molecule has 0 unspecified atom stereocenters. The lowest BCUT2D eigenvalue weighted by Gasteiger charge is -2.04. The number of aryl methyl sites for hydroxylation is 1. The Kier molecular flexibility index (Phi) is 5.17. The standard InChI is InChI=1S/C18H15NO4S/c1-13-3-9-16(10-4-13)24(21,22)17(12-19)11-14-5-7-15(8-6-14)18(20)23-2/h3-11H,1-2H3. The number of hydrogen-bond acceptors (Lipinski definition) is 5. The van der Waals surface area contributed by atoms with Crippen LogP contribution < -0.4 is 0 Å². The van der Waals surface area contributed by atoms with Gasteiger partial charge in [-0.1, -0.05) is 29.8 Å². The van der Waals surface area contributed by atoms with E-state index >= 15 is 0 Å². The highest BCUT2D eigenvalue weighted by Crippen LogP contribution is 2.21. The van der Waals surface area contributed by atoms with Gasteiger partial charge in [-0.05, 0) is 42.8 Å². The van der Waals surface area contributed by atoms with Crippen LogP contribution in [0.25, 0.3) is 6.08 Å². The zero-order chi connectivity index (χ0) is 17.7. The Bertz CT molecular complexity index is 918. The number of rotatable bonds is 4. The molecule has 0 amide bonds.